The SMILES string of the molecule is COc1cccc(NC(=O)C2CCCN(S(=O)(=O)c3ccccc3)CCC(=O)NCC2)c1. The fraction of sp³-hybridized carbons (Fsp3) is 0.391. The van der Waals surface area contributed by atoms with Gasteiger partial charge in [-0.15, -0.1) is 0 Å². The first kappa shape index (κ1) is 23.7. The molecule has 2 amide bonds. The number of benzene rings is 2. The minimum Gasteiger partial charge on any atom is -0.497 e. The highest BCUT2D eigenvalue weighted by atomic mass is 32.2. The van der Waals surface area contributed by atoms with Crippen LogP contribution in [0.1, 0.15) is 25.7 Å². The zero-order valence-corrected chi connectivity index (χ0v) is 18.9. The number of nitrogens with zero attached hydrogens (tertiary/aromatic N) is 1. The van der Waals surface area contributed by atoms with Crippen molar-refractivity contribution in [2.24, 2.45) is 5.92 Å². The van der Waals surface area contributed by atoms with Gasteiger partial charge in [0.1, 0.15) is 5.75 Å². The third-order valence-electron chi connectivity index (χ3n) is 5.45. The molecule has 1 heterocycles. The van der Waals surface area contributed by atoms with Crippen LogP contribution >= 0.6 is 0 Å². The molecule has 1 saturated heterocycles. The Bertz CT molecular complexity index is 1030. The summed E-state index contributed by atoms with van der Waals surface area (Å²) in [6.45, 7) is 0.706. The summed E-state index contributed by atoms with van der Waals surface area (Å²) in [6, 6.07) is 15.3. The first-order valence-electron chi connectivity index (χ1n) is 10.7. The number of amides is 2. The van der Waals surface area contributed by atoms with E-state index in [1.54, 1.807) is 61.7 Å². The quantitative estimate of drug-likeness (QED) is 0.715. The summed E-state index contributed by atoms with van der Waals surface area (Å²) in [4.78, 5) is 25.3. The van der Waals surface area contributed by atoms with Gasteiger partial charge in [-0.2, -0.15) is 4.31 Å². The zero-order chi connectivity index (χ0) is 23.0. The predicted octanol–water partition coefficient (Wildman–Crippen LogP) is 2.63. The van der Waals surface area contributed by atoms with Crippen LogP contribution in [0.25, 0.3) is 0 Å². The monoisotopic (exact) mass is 459 g/mol. The van der Waals surface area contributed by atoms with Crippen LogP contribution in [0, 0.1) is 5.92 Å². The van der Waals surface area contributed by atoms with Gasteiger partial charge in [-0.25, -0.2) is 8.42 Å². The molecule has 0 saturated carbocycles. The number of sulfonamides is 1. The molecule has 1 fully saturated rings. The largest absolute Gasteiger partial charge is 0.497 e. The molecule has 3 rings (SSSR count). The first-order chi connectivity index (χ1) is 15.4. The number of carbonyl (C=O) groups excluding carboxylic acids is 2. The summed E-state index contributed by atoms with van der Waals surface area (Å²) in [5, 5.41) is 5.70. The van der Waals surface area contributed by atoms with Crippen molar-refractivity contribution in [1.29, 1.82) is 0 Å². The van der Waals surface area contributed by atoms with Crippen molar-refractivity contribution < 1.29 is 22.7 Å². The Hall–Kier alpha value is -2.91. The zero-order valence-electron chi connectivity index (χ0n) is 18.1. The number of hydrogen-bond donors (Lipinski definition) is 2. The van der Waals surface area contributed by atoms with Crippen molar-refractivity contribution in [3.63, 3.8) is 0 Å². The Labute approximate surface area is 189 Å². The van der Waals surface area contributed by atoms with Crippen molar-refractivity contribution in [1.82, 2.24) is 9.62 Å². The van der Waals surface area contributed by atoms with E-state index in [4.69, 9.17) is 4.74 Å². The van der Waals surface area contributed by atoms with E-state index in [1.807, 2.05) is 0 Å². The predicted molar refractivity (Wildman–Crippen MR) is 122 cm³/mol. The van der Waals surface area contributed by atoms with Crippen molar-refractivity contribution >= 4 is 27.5 Å². The molecule has 0 radical (unpaired) electrons. The number of anilines is 1. The number of hydrogen-bond acceptors (Lipinski definition) is 5. The lowest BCUT2D eigenvalue weighted by molar-refractivity contribution is -0.122. The van der Waals surface area contributed by atoms with Crippen LogP contribution in [0.15, 0.2) is 59.5 Å². The number of carbonyl (C=O) groups is 2. The summed E-state index contributed by atoms with van der Waals surface area (Å²) < 4.78 is 32.7. The molecule has 8 nitrogen and oxygen atoms in total. The van der Waals surface area contributed by atoms with Crippen LogP contribution in [-0.2, 0) is 19.6 Å². The Balaban J connectivity index is 1.71. The maximum atomic E-state index is 13.1. The lowest BCUT2D eigenvalue weighted by Crippen LogP contribution is -2.35. The van der Waals surface area contributed by atoms with Crippen LogP contribution in [0.3, 0.4) is 0 Å². The maximum Gasteiger partial charge on any atom is 0.243 e. The van der Waals surface area contributed by atoms with E-state index in [0.717, 1.165) is 0 Å². The second-order valence-electron chi connectivity index (χ2n) is 7.67. The highest BCUT2D eigenvalue weighted by molar-refractivity contribution is 7.89. The van der Waals surface area contributed by atoms with E-state index in [2.05, 4.69) is 10.6 Å². The van der Waals surface area contributed by atoms with Gasteiger partial charge in [0.2, 0.25) is 21.8 Å². The molecule has 1 unspecified atom stereocenters. The molecule has 0 aliphatic carbocycles. The summed E-state index contributed by atoms with van der Waals surface area (Å²) in [6.07, 6.45) is 1.57. The molecule has 0 aromatic heterocycles. The van der Waals surface area contributed by atoms with Crippen molar-refractivity contribution in [2.45, 2.75) is 30.6 Å². The van der Waals surface area contributed by atoms with Crippen LogP contribution < -0.4 is 15.4 Å². The van der Waals surface area contributed by atoms with Gasteiger partial charge in [0, 0.05) is 43.7 Å². The van der Waals surface area contributed by atoms with Crippen LogP contribution in [0.2, 0.25) is 0 Å². The number of methoxy groups -OCH3 is 1. The van der Waals surface area contributed by atoms with Gasteiger partial charge >= 0.3 is 0 Å². The maximum absolute atomic E-state index is 13.1. The number of rotatable bonds is 5. The lowest BCUT2D eigenvalue weighted by Gasteiger charge is -2.22. The molecule has 2 aromatic rings. The molecule has 1 aliphatic heterocycles. The van der Waals surface area contributed by atoms with Gasteiger partial charge in [0.15, 0.2) is 0 Å². The number of nitrogens with one attached hydrogen (secondary N) is 2. The second-order valence-corrected chi connectivity index (χ2v) is 9.60. The smallest absolute Gasteiger partial charge is 0.243 e. The van der Waals surface area contributed by atoms with Gasteiger partial charge in [0.25, 0.3) is 0 Å². The Morgan fingerprint density at radius 1 is 1.09 bits per heavy atom. The van der Waals surface area contributed by atoms with Crippen LogP contribution in [0.4, 0.5) is 5.69 Å². The van der Waals surface area contributed by atoms with Crippen molar-refractivity contribution in [3.05, 3.63) is 54.6 Å². The number of ether oxygens (including phenoxy) is 1. The average molecular weight is 460 g/mol. The Morgan fingerprint density at radius 3 is 2.62 bits per heavy atom. The highest BCUT2D eigenvalue weighted by Crippen LogP contribution is 2.22. The fourth-order valence-electron chi connectivity index (χ4n) is 3.66. The molecule has 2 N–H and O–H groups in total. The van der Waals surface area contributed by atoms with Crippen LogP contribution in [-0.4, -0.2) is 51.3 Å². The molecule has 1 atom stereocenters. The van der Waals surface area contributed by atoms with Gasteiger partial charge in [-0.1, -0.05) is 24.3 Å². The van der Waals surface area contributed by atoms with E-state index >= 15 is 0 Å². The second kappa shape index (κ2) is 11.1. The summed E-state index contributed by atoms with van der Waals surface area (Å²) >= 11 is 0. The lowest BCUT2D eigenvalue weighted by atomic mass is 9.98. The Kier molecular flexibility index (Phi) is 8.24. The molecule has 9 heteroatoms. The van der Waals surface area contributed by atoms with E-state index in [-0.39, 0.29) is 42.1 Å². The Morgan fingerprint density at radius 2 is 1.88 bits per heavy atom. The van der Waals surface area contributed by atoms with Crippen LogP contribution in [0.5, 0.6) is 5.75 Å². The van der Waals surface area contributed by atoms with E-state index in [1.165, 1.54) is 4.31 Å². The molecule has 0 spiro atoms. The minimum absolute atomic E-state index is 0.0761. The normalized spacial score (nSPS) is 18.8. The first-order valence-corrected chi connectivity index (χ1v) is 12.1. The topological polar surface area (TPSA) is 105 Å². The summed E-state index contributed by atoms with van der Waals surface area (Å²) in [5.41, 5.74) is 0.626. The van der Waals surface area contributed by atoms with E-state index < -0.39 is 10.0 Å². The summed E-state index contributed by atoms with van der Waals surface area (Å²) in [7, 11) is -2.16. The highest BCUT2D eigenvalue weighted by Gasteiger charge is 2.27. The third kappa shape index (κ3) is 6.30. The van der Waals surface area contributed by atoms with Gasteiger partial charge in [-0.05, 0) is 43.5 Å². The minimum atomic E-state index is -3.72. The molecule has 2 aromatic carbocycles. The van der Waals surface area contributed by atoms with Gasteiger partial charge in [0.05, 0.1) is 12.0 Å². The van der Waals surface area contributed by atoms with E-state index in [0.29, 0.717) is 37.2 Å². The van der Waals surface area contributed by atoms with Crippen molar-refractivity contribution in [3.8, 4) is 5.75 Å². The molecule has 1 aliphatic rings. The summed E-state index contributed by atoms with van der Waals surface area (Å²) in [5.74, 6) is -0.114. The standard InChI is InChI=1S/C23H29N3O5S/c1-31-20-9-5-8-19(17-20)25-23(28)18-7-6-15-26(16-13-22(27)24-14-12-18)32(29,30)21-10-3-2-4-11-21/h2-5,8-11,17-18H,6-7,12-16H2,1H3,(H,24,27)(H,25,28). The molecule has 172 valence electrons. The molecule has 32 heavy (non-hydrogen) atoms. The molecular formula is C23H29N3O5S. The fourth-order valence-corrected chi connectivity index (χ4v) is 5.16. The average Bonchev–Trinajstić information content (AvgIpc) is 2.84. The van der Waals surface area contributed by atoms with Gasteiger partial charge in [-0.3, -0.25) is 9.59 Å². The third-order valence-corrected chi connectivity index (χ3v) is 7.37. The van der Waals surface area contributed by atoms with Crippen molar-refractivity contribution in [2.75, 3.05) is 32.1 Å². The van der Waals surface area contributed by atoms with Gasteiger partial charge < -0.3 is 15.4 Å². The molecule has 0 bridgehead atoms. The van der Waals surface area contributed by atoms with E-state index in [9.17, 15) is 18.0 Å². The molecular weight excluding hydrogens is 430 g/mol.